The van der Waals surface area contributed by atoms with Crippen LogP contribution in [0, 0.1) is 6.92 Å². The first-order valence-corrected chi connectivity index (χ1v) is 9.41. The van der Waals surface area contributed by atoms with E-state index in [4.69, 9.17) is 0 Å². The zero-order valence-corrected chi connectivity index (χ0v) is 16.0. The number of H-pyrrole nitrogens is 1. The first-order chi connectivity index (χ1) is 13.5. The summed E-state index contributed by atoms with van der Waals surface area (Å²) >= 11 is 0. The fourth-order valence-electron chi connectivity index (χ4n) is 3.48. The van der Waals surface area contributed by atoms with Gasteiger partial charge in [0.25, 0.3) is 5.91 Å². The van der Waals surface area contributed by atoms with Crippen LogP contribution in [-0.2, 0) is 13.0 Å². The van der Waals surface area contributed by atoms with Gasteiger partial charge in [0.2, 0.25) is 0 Å². The molecule has 0 bridgehead atoms. The average Bonchev–Trinajstić information content (AvgIpc) is 3.08. The molecule has 1 amide bonds. The molecule has 1 aromatic carbocycles. The number of aromatic amines is 1. The van der Waals surface area contributed by atoms with Crippen LogP contribution in [-0.4, -0.2) is 27.2 Å². The lowest BCUT2D eigenvalue weighted by Gasteiger charge is -2.16. The van der Waals surface area contributed by atoms with Gasteiger partial charge in [-0.2, -0.15) is 5.10 Å². The maximum atomic E-state index is 12.7. The highest BCUT2D eigenvalue weighted by Crippen LogP contribution is 2.21. The number of fused-ring (bicyclic) bond motifs is 1. The van der Waals surface area contributed by atoms with E-state index in [9.17, 15) is 9.59 Å². The largest absolute Gasteiger partial charge is 0.364 e. The molecule has 7 heteroatoms. The molecule has 0 saturated carbocycles. The molecular weight excluding hydrogens is 354 g/mol. The number of aromatic nitrogens is 3. The Morgan fingerprint density at radius 3 is 2.86 bits per heavy atom. The van der Waals surface area contributed by atoms with Gasteiger partial charge in [0, 0.05) is 48.7 Å². The number of hydrogen-bond acceptors (Lipinski definition) is 4. The van der Waals surface area contributed by atoms with Gasteiger partial charge in [-0.25, -0.2) is 0 Å². The number of amides is 1. The third-order valence-corrected chi connectivity index (χ3v) is 5.20. The van der Waals surface area contributed by atoms with Crippen molar-refractivity contribution in [2.45, 2.75) is 32.9 Å². The quantitative estimate of drug-likeness (QED) is 0.651. The van der Waals surface area contributed by atoms with Crippen molar-refractivity contribution < 1.29 is 4.79 Å². The minimum absolute atomic E-state index is 0.0313. The molecule has 3 aromatic rings. The van der Waals surface area contributed by atoms with Crippen LogP contribution >= 0.6 is 0 Å². The number of carbonyl (C=O) groups is 1. The second-order valence-corrected chi connectivity index (χ2v) is 7.10. The van der Waals surface area contributed by atoms with Gasteiger partial charge in [0.1, 0.15) is 5.56 Å². The Balaban J connectivity index is 1.58. The fraction of sp³-hybridized carbons (Fsp3) is 0.286. The van der Waals surface area contributed by atoms with E-state index in [0.29, 0.717) is 17.9 Å². The van der Waals surface area contributed by atoms with Gasteiger partial charge < -0.3 is 15.6 Å². The van der Waals surface area contributed by atoms with Crippen LogP contribution in [0.4, 0.5) is 5.82 Å². The second kappa shape index (κ2) is 7.44. The second-order valence-electron chi connectivity index (χ2n) is 7.10. The van der Waals surface area contributed by atoms with Crippen LogP contribution in [0.25, 0.3) is 0 Å². The molecule has 0 radical (unpaired) electrons. The number of carbonyl (C=O) groups excluding carboxylic acids is 1. The number of rotatable bonds is 4. The Hall–Kier alpha value is -3.19. The van der Waals surface area contributed by atoms with Crippen LogP contribution in [0.15, 0.2) is 47.5 Å². The third-order valence-electron chi connectivity index (χ3n) is 5.20. The summed E-state index contributed by atoms with van der Waals surface area (Å²) in [6.07, 6.45) is 4.16. The van der Waals surface area contributed by atoms with Crippen molar-refractivity contribution in [2.24, 2.45) is 0 Å². The summed E-state index contributed by atoms with van der Waals surface area (Å²) in [5.41, 5.74) is 3.38. The molecule has 0 aliphatic carbocycles. The third kappa shape index (κ3) is 3.36. The zero-order chi connectivity index (χ0) is 19.7. The van der Waals surface area contributed by atoms with Crippen molar-refractivity contribution in [3.05, 3.63) is 80.9 Å². The number of nitrogens with zero attached hydrogens (tertiary/aromatic N) is 2. The van der Waals surface area contributed by atoms with Crippen molar-refractivity contribution in [2.75, 3.05) is 11.9 Å². The molecular formula is C21H23N5O2. The summed E-state index contributed by atoms with van der Waals surface area (Å²) < 4.78 is 1.82. The molecule has 1 aliphatic heterocycles. The molecule has 1 atom stereocenters. The highest BCUT2D eigenvalue weighted by atomic mass is 16.2. The molecule has 28 heavy (non-hydrogen) atoms. The monoisotopic (exact) mass is 377 g/mol. The summed E-state index contributed by atoms with van der Waals surface area (Å²) in [7, 11) is 0. The van der Waals surface area contributed by atoms with E-state index in [1.807, 2.05) is 48.1 Å². The molecule has 3 heterocycles. The molecule has 4 rings (SSSR count). The van der Waals surface area contributed by atoms with Gasteiger partial charge >= 0.3 is 0 Å². The first kappa shape index (κ1) is 18.2. The van der Waals surface area contributed by atoms with Crippen molar-refractivity contribution in [3.8, 4) is 0 Å². The molecule has 1 unspecified atom stereocenters. The van der Waals surface area contributed by atoms with E-state index in [2.05, 4.69) is 27.6 Å². The first-order valence-electron chi connectivity index (χ1n) is 9.41. The van der Waals surface area contributed by atoms with Gasteiger partial charge in [0.05, 0.1) is 6.04 Å². The van der Waals surface area contributed by atoms with Crippen LogP contribution in [0.2, 0.25) is 0 Å². The number of nitrogens with one attached hydrogen (secondary N) is 3. The normalized spacial score (nSPS) is 14.4. The Kier molecular flexibility index (Phi) is 4.83. The lowest BCUT2D eigenvalue weighted by molar-refractivity contribution is 0.102. The van der Waals surface area contributed by atoms with E-state index < -0.39 is 5.91 Å². The van der Waals surface area contributed by atoms with Gasteiger partial charge in [0.15, 0.2) is 11.2 Å². The Morgan fingerprint density at radius 1 is 1.29 bits per heavy atom. The van der Waals surface area contributed by atoms with E-state index in [1.165, 1.54) is 6.20 Å². The number of aryl methyl sites for hydroxylation is 1. The number of pyridine rings is 1. The predicted molar refractivity (Wildman–Crippen MR) is 108 cm³/mol. The van der Waals surface area contributed by atoms with E-state index >= 15 is 0 Å². The number of anilines is 1. The summed E-state index contributed by atoms with van der Waals surface area (Å²) in [6.45, 7) is 5.24. The van der Waals surface area contributed by atoms with Crippen LogP contribution < -0.4 is 16.1 Å². The van der Waals surface area contributed by atoms with Crippen molar-refractivity contribution in [3.63, 3.8) is 0 Å². The minimum atomic E-state index is -0.449. The summed E-state index contributed by atoms with van der Waals surface area (Å²) in [6, 6.07) is 10.1. The molecule has 144 valence electrons. The summed E-state index contributed by atoms with van der Waals surface area (Å²) in [5, 5.41) is 10.5. The summed E-state index contributed by atoms with van der Waals surface area (Å²) in [4.78, 5) is 28.5. The van der Waals surface area contributed by atoms with Crippen LogP contribution in [0.1, 0.15) is 45.7 Å². The predicted octanol–water partition coefficient (Wildman–Crippen LogP) is 2.39. The molecule has 0 spiro atoms. The SMILES string of the molecule is Cc1cn(C(C)c2ccccc2)nc1NC(=O)c1c[nH]c2c(c1=O)CNCC2. The maximum Gasteiger partial charge on any atom is 0.262 e. The zero-order valence-electron chi connectivity index (χ0n) is 16.0. The smallest absolute Gasteiger partial charge is 0.262 e. The highest BCUT2D eigenvalue weighted by molar-refractivity contribution is 6.03. The topological polar surface area (TPSA) is 91.8 Å². The maximum absolute atomic E-state index is 12.7. The lowest BCUT2D eigenvalue weighted by Crippen LogP contribution is -2.33. The van der Waals surface area contributed by atoms with E-state index in [0.717, 1.165) is 29.8 Å². The van der Waals surface area contributed by atoms with Crippen LogP contribution in [0.5, 0.6) is 0 Å². The molecule has 0 saturated heterocycles. The number of benzene rings is 1. The van der Waals surface area contributed by atoms with E-state index in [-0.39, 0.29) is 17.0 Å². The fourth-order valence-corrected chi connectivity index (χ4v) is 3.48. The highest BCUT2D eigenvalue weighted by Gasteiger charge is 2.20. The van der Waals surface area contributed by atoms with Gasteiger partial charge in [-0.1, -0.05) is 30.3 Å². The Labute approximate surface area is 162 Å². The molecule has 2 aromatic heterocycles. The minimum Gasteiger partial charge on any atom is -0.364 e. The number of hydrogen-bond donors (Lipinski definition) is 3. The van der Waals surface area contributed by atoms with Crippen molar-refractivity contribution >= 4 is 11.7 Å². The summed E-state index contributed by atoms with van der Waals surface area (Å²) in [5.74, 6) is 0.0124. The molecule has 1 aliphatic rings. The van der Waals surface area contributed by atoms with Crippen molar-refractivity contribution in [1.82, 2.24) is 20.1 Å². The molecule has 3 N–H and O–H groups in total. The van der Waals surface area contributed by atoms with Gasteiger partial charge in [-0.15, -0.1) is 0 Å². The van der Waals surface area contributed by atoms with Gasteiger partial charge in [-0.3, -0.25) is 14.3 Å². The standard InChI is InChI=1S/C21H23N5O2/c1-13-12-26(14(2)15-6-4-3-5-7-15)25-20(13)24-21(28)17-11-23-18-8-9-22-10-16(18)19(17)27/h3-7,11-12,14,22H,8-10H2,1-2H3,(H,23,27)(H,24,25,28). The molecule has 0 fully saturated rings. The Bertz CT molecular complexity index is 1070. The van der Waals surface area contributed by atoms with Crippen LogP contribution in [0.3, 0.4) is 0 Å². The van der Waals surface area contributed by atoms with Crippen molar-refractivity contribution in [1.29, 1.82) is 0 Å². The Morgan fingerprint density at radius 2 is 2.07 bits per heavy atom. The average molecular weight is 377 g/mol. The van der Waals surface area contributed by atoms with E-state index in [1.54, 1.807) is 0 Å². The molecule has 7 nitrogen and oxygen atoms in total. The van der Waals surface area contributed by atoms with Gasteiger partial charge in [-0.05, 0) is 19.4 Å². The lowest BCUT2D eigenvalue weighted by atomic mass is 10.0.